The molecule has 0 unspecified atom stereocenters. The van der Waals surface area contributed by atoms with Gasteiger partial charge in [-0.25, -0.2) is 4.98 Å². The van der Waals surface area contributed by atoms with Gasteiger partial charge in [0.15, 0.2) is 0 Å². The lowest BCUT2D eigenvalue weighted by Gasteiger charge is -1.95. The maximum atomic E-state index is 10.8. The number of primary amides is 1. The Kier molecular flexibility index (Phi) is 2.72. The van der Waals surface area contributed by atoms with Gasteiger partial charge in [-0.15, -0.1) is 0 Å². The first-order chi connectivity index (χ1) is 7.66. The van der Waals surface area contributed by atoms with Gasteiger partial charge in [0.05, 0.1) is 12.1 Å². The Balaban J connectivity index is 2.34. The SMILES string of the molecule is Cn1cc(-c2ccccc2)nc1CC(N)=O. The van der Waals surface area contributed by atoms with E-state index in [2.05, 4.69) is 4.98 Å². The van der Waals surface area contributed by atoms with Crippen LogP contribution in [-0.2, 0) is 18.3 Å². The topological polar surface area (TPSA) is 60.9 Å². The van der Waals surface area contributed by atoms with Crippen molar-refractivity contribution >= 4 is 5.91 Å². The van der Waals surface area contributed by atoms with Gasteiger partial charge in [-0.3, -0.25) is 4.79 Å². The fourth-order valence-corrected chi connectivity index (χ4v) is 1.57. The molecule has 0 radical (unpaired) electrons. The van der Waals surface area contributed by atoms with E-state index in [1.54, 1.807) is 0 Å². The van der Waals surface area contributed by atoms with E-state index in [4.69, 9.17) is 5.73 Å². The van der Waals surface area contributed by atoms with Crippen LogP contribution in [0.5, 0.6) is 0 Å². The summed E-state index contributed by atoms with van der Waals surface area (Å²) in [7, 11) is 1.86. The van der Waals surface area contributed by atoms with Crippen molar-refractivity contribution in [2.75, 3.05) is 0 Å². The summed E-state index contributed by atoms with van der Waals surface area (Å²) >= 11 is 0. The fourth-order valence-electron chi connectivity index (χ4n) is 1.57. The molecule has 0 spiro atoms. The first-order valence-corrected chi connectivity index (χ1v) is 5.03. The second-order valence-corrected chi connectivity index (χ2v) is 3.66. The van der Waals surface area contributed by atoms with Gasteiger partial charge >= 0.3 is 0 Å². The Morgan fingerprint density at radius 2 is 2.06 bits per heavy atom. The molecule has 4 heteroatoms. The molecule has 2 aromatic rings. The van der Waals surface area contributed by atoms with Crippen LogP contribution in [0.2, 0.25) is 0 Å². The van der Waals surface area contributed by atoms with E-state index in [0.29, 0.717) is 5.82 Å². The molecule has 1 aromatic carbocycles. The van der Waals surface area contributed by atoms with Gasteiger partial charge in [0, 0.05) is 18.8 Å². The van der Waals surface area contributed by atoms with Crippen LogP contribution in [0.4, 0.5) is 0 Å². The minimum absolute atomic E-state index is 0.170. The standard InChI is InChI=1S/C12H13N3O/c1-15-8-10(9-5-3-2-4-6-9)14-12(15)7-11(13)16/h2-6,8H,7H2,1H3,(H2,13,16). The average molecular weight is 215 g/mol. The van der Waals surface area contributed by atoms with Crippen LogP contribution in [0.1, 0.15) is 5.82 Å². The smallest absolute Gasteiger partial charge is 0.225 e. The van der Waals surface area contributed by atoms with Crippen molar-refractivity contribution in [1.82, 2.24) is 9.55 Å². The van der Waals surface area contributed by atoms with Crippen molar-refractivity contribution in [2.45, 2.75) is 6.42 Å². The van der Waals surface area contributed by atoms with Crippen LogP contribution in [0, 0.1) is 0 Å². The molecule has 0 aliphatic heterocycles. The second-order valence-electron chi connectivity index (χ2n) is 3.66. The molecular weight excluding hydrogens is 202 g/mol. The number of aromatic nitrogens is 2. The highest BCUT2D eigenvalue weighted by molar-refractivity contribution is 5.76. The number of rotatable bonds is 3. The number of carbonyl (C=O) groups is 1. The third-order valence-corrected chi connectivity index (χ3v) is 2.37. The monoisotopic (exact) mass is 215 g/mol. The summed E-state index contributed by atoms with van der Waals surface area (Å²) < 4.78 is 1.83. The summed E-state index contributed by atoms with van der Waals surface area (Å²) in [5.41, 5.74) is 7.05. The van der Waals surface area contributed by atoms with Crippen LogP contribution in [0.15, 0.2) is 36.5 Å². The highest BCUT2D eigenvalue weighted by Crippen LogP contribution is 2.17. The zero-order valence-electron chi connectivity index (χ0n) is 9.05. The quantitative estimate of drug-likeness (QED) is 0.833. The Morgan fingerprint density at radius 1 is 1.38 bits per heavy atom. The second kappa shape index (κ2) is 4.18. The zero-order chi connectivity index (χ0) is 11.5. The minimum Gasteiger partial charge on any atom is -0.369 e. The summed E-state index contributed by atoms with van der Waals surface area (Å²) in [4.78, 5) is 15.2. The molecule has 0 aliphatic carbocycles. The number of amides is 1. The molecule has 16 heavy (non-hydrogen) atoms. The highest BCUT2D eigenvalue weighted by Gasteiger charge is 2.08. The number of imidazole rings is 1. The summed E-state index contributed by atoms with van der Waals surface area (Å²) in [6.07, 6.45) is 2.07. The molecular formula is C12H13N3O. The molecule has 1 amide bonds. The molecule has 1 heterocycles. The molecule has 0 saturated carbocycles. The fraction of sp³-hybridized carbons (Fsp3) is 0.167. The maximum absolute atomic E-state index is 10.8. The minimum atomic E-state index is -0.367. The van der Waals surface area contributed by atoms with E-state index in [1.807, 2.05) is 48.1 Å². The van der Waals surface area contributed by atoms with E-state index in [9.17, 15) is 4.79 Å². The number of nitrogens with zero attached hydrogens (tertiary/aromatic N) is 2. The summed E-state index contributed by atoms with van der Waals surface area (Å²) in [5, 5.41) is 0. The van der Waals surface area contributed by atoms with E-state index in [1.165, 1.54) is 0 Å². The Hall–Kier alpha value is -2.10. The molecule has 4 nitrogen and oxygen atoms in total. The first kappa shape index (κ1) is 10.4. The lowest BCUT2D eigenvalue weighted by atomic mass is 10.2. The van der Waals surface area contributed by atoms with Gasteiger partial charge in [0.25, 0.3) is 0 Å². The third kappa shape index (κ3) is 2.11. The molecule has 0 aliphatic rings. The van der Waals surface area contributed by atoms with Crippen molar-refractivity contribution in [1.29, 1.82) is 0 Å². The number of benzene rings is 1. The number of nitrogens with two attached hydrogens (primary N) is 1. The molecule has 2 N–H and O–H groups in total. The van der Waals surface area contributed by atoms with Crippen molar-refractivity contribution < 1.29 is 4.79 Å². The molecule has 0 saturated heterocycles. The summed E-state index contributed by atoms with van der Waals surface area (Å²) in [5.74, 6) is 0.319. The molecule has 1 aromatic heterocycles. The third-order valence-electron chi connectivity index (χ3n) is 2.37. The number of aryl methyl sites for hydroxylation is 1. The van der Waals surface area contributed by atoms with Crippen LogP contribution in [-0.4, -0.2) is 15.5 Å². The normalized spacial score (nSPS) is 10.3. The number of carbonyl (C=O) groups excluding carboxylic acids is 1. The van der Waals surface area contributed by atoms with Gasteiger partial charge in [-0.1, -0.05) is 30.3 Å². The van der Waals surface area contributed by atoms with Crippen LogP contribution >= 0.6 is 0 Å². The Bertz CT molecular complexity index is 502. The van der Waals surface area contributed by atoms with Crippen molar-refractivity contribution in [3.63, 3.8) is 0 Å². The van der Waals surface area contributed by atoms with Gasteiger partial charge in [0.1, 0.15) is 5.82 Å². The number of hydrogen-bond acceptors (Lipinski definition) is 2. The lowest BCUT2D eigenvalue weighted by Crippen LogP contribution is -2.16. The Labute approximate surface area is 93.7 Å². The van der Waals surface area contributed by atoms with E-state index in [0.717, 1.165) is 11.3 Å². The van der Waals surface area contributed by atoms with Crippen molar-refractivity contribution in [3.8, 4) is 11.3 Å². The predicted molar refractivity (Wildman–Crippen MR) is 61.5 cm³/mol. The van der Waals surface area contributed by atoms with E-state index >= 15 is 0 Å². The van der Waals surface area contributed by atoms with E-state index < -0.39 is 0 Å². The molecule has 0 atom stereocenters. The van der Waals surface area contributed by atoms with Crippen molar-refractivity contribution in [3.05, 3.63) is 42.4 Å². The summed E-state index contributed by atoms with van der Waals surface area (Å²) in [6.45, 7) is 0. The largest absolute Gasteiger partial charge is 0.369 e. The van der Waals surface area contributed by atoms with Gasteiger partial charge in [0.2, 0.25) is 5.91 Å². The van der Waals surface area contributed by atoms with Gasteiger partial charge in [-0.05, 0) is 0 Å². The average Bonchev–Trinajstić information content (AvgIpc) is 2.61. The summed E-state index contributed by atoms with van der Waals surface area (Å²) in [6, 6.07) is 9.83. The highest BCUT2D eigenvalue weighted by atomic mass is 16.1. The lowest BCUT2D eigenvalue weighted by molar-refractivity contribution is -0.117. The molecule has 82 valence electrons. The van der Waals surface area contributed by atoms with Crippen LogP contribution < -0.4 is 5.73 Å². The maximum Gasteiger partial charge on any atom is 0.225 e. The van der Waals surface area contributed by atoms with Gasteiger partial charge in [-0.2, -0.15) is 0 Å². The van der Waals surface area contributed by atoms with E-state index in [-0.39, 0.29) is 12.3 Å². The van der Waals surface area contributed by atoms with Crippen LogP contribution in [0.3, 0.4) is 0 Å². The first-order valence-electron chi connectivity index (χ1n) is 5.03. The molecule has 0 fully saturated rings. The van der Waals surface area contributed by atoms with Crippen molar-refractivity contribution in [2.24, 2.45) is 12.8 Å². The number of hydrogen-bond donors (Lipinski definition) is 1. The predicted octanol–water partition coefficient (Wildman–Crippen LogP) is 1.11. The molecule has 0 bridgehead atoms. The zero-order valence-corrected chi connectivity index (χ0v) is 9.05. The van der Waals surface area contributed by atoms with Crippen LogP contribution in [0.25, 0.3) is 11.3 Å². The Morgan fingerprint density at radius 3 is 2.69 bits per heavy atom. The van der Waals surface area contributed by atoms with Gasteiger partial charge < -0.3 is 10.3 Å². The molecule has 2 rings (SSSR count).